The second-order valence-electron chi connectivity index (χ2n) is 9.85. The van der Waals surface area contributed by atoms with Gasteiger partial charge in [-0.15, -0.1) is 0 Å². The van der Waals surface area contributed by atoms with Crippen LogP contribution in [0.1, 0.15) is 92.0 Å². The van der Waals surface area contributed by atoms with Crippen molar-refractivity contribution in [2.45, 2.75) is 71.3 Å². The number of aldehydes is 2. The lowest BCUT2D eigenvalue weighted by Crippen LogP contribution is -2.42. The molecule has 3 aliphatic rings. The maximum Gasteiger partial charge on any atom is 0.157 e. The Balaban J connectivity index is 1.88. The average molecular weight is 386 g/mol. The van der Waals surface area contributed by atoms with Crippen molar-refractivity contribution in [3.8, 4) is 17.2 Å². The fourth-order valence-electron chi connectivity index (χ4n) is 6.23. The Bertz CT molecular complexity index is 842. The van der Waals surface area contributed by atoms with Crippen LogP contribution in [0.3, 0.4) is 0 Å². The topological polar surface area (TPSA) is 83.8 Å². The molecule has 0 saturated heterocycles. The molecular weight excluding hydrogens is 356 g/mol. The molecule has 1 aromatic carbocycles. The van der Waals surface area contributed by atoms with Gasteiger partial charge in [-0.1, -0.05) is 27.7 Å². The highest BCUT2D eigenvalue weighted by atomic mass is 16.5. The van der Waals surface area contributed by atoms with Gasteiger partial charge in [0.25, 0.3) is 0 Å². The van der Waals surface area contributed by atoms with Crippen LogP contribution in [-0.4, -0.2) is 28.4 Å². The van der Waals surface area contributed by atoms with Gasteiger partial charge in [-0.25, -0.2) is 0 Å². The summed E-state index contributed by atoms with van der Waals surface area (Å²) in [6.07, 6.45) is 5.74. The first-order valence-corrected chi connectivity index (χ1v) is 10.4. The standard InChI is InChI=1S/C23H30O5/c1-12(2)7-14-8-23(6-5-22(13(3)4)9-17(22)23)28-21-16(11-25)19(26)15(10-24)20(27)18(14)21/h10-14,17,26-27H,5-9H2,1-4H3/t14-,17+,22-,23+/m1/s1. The Labute approximate surface area is 166 Å². The summed E-state index contributed by atoms with van der Waals surface area (Å²) in [7, 11) is 0. The first-order chi connectivity index (χ1) is 13.2. The summed E-state index contributed by atoms with van der Waals surface area (Å²) < 4.78 is 6.54. The fourth-order valence-corrected chi connectivity index (χ4v) is 6.23. The number of hydrogen-bond acceptors (Lipinski definition) is 5. The first kappa shape index (κ1) is 19.3. The largest absolute Gasteiger partial charge is 0.507 e. The Morgan fingerprint density at radius 2 is 1.71 bits per heavy atom. The molecule has 2 saturated carbocycles. The number of phenolic OH excluding ortho intramolecular Hbond substituents is 2. The van der Waals surface area contributed by atoms with Crippen molar-refractivity contribution in [3.63, 3.8) is 0 Å². The van der Waals surface area contributed by atoms with Gasteiger partial charge in [-0.05, 0) is 55.3 Å². The van der Waals surface area contributed by atoms with E-state index in [0.717, 1.165) is 32.1 Å². The molecule has 1 spiro atoms. The summed E-state index contributed by atoms with van der Waals surface area (Å²) in [6.45, 7) is 8.80. The number of phenols is 2. The predicted octanol–water partition coefficient (Wildman–Crippen LogP) is 4.83. The minimum Gasteiger partial charge on any atom is -0.507 e. The van der Waals surface area contributed by atoms with E-state index in [0.29, 0.717) is 47.1 Å². The van der Waals surface area contributed by atoms with Crippen LogP contribution in [0.5, 0.6) is 17.2 Å². The number of hydrogen-bond donors (Lipinski definition) is 2. The van der Waals surface area contributed by atoms with Crippen molar-refractivity contribution in [1.82, 2.24) is 0 Å². The molecule has 28 heavy (non-hydrogen) atoms. The maximum atomic E-state index is 11.8. The number of rotatable bonds is 5. The van der Waals surface area contributed by atoms with Crippen molar-refractivity contribution in [3.05, 3.63) is 16.7 Å². The zero-order valence-electron chi connectivity index (χ0n) is 17.1. The molecule has 152 valence electrons. The second kappa shape index (κ2) is 6.23. The third-order valence-corrected chi connectivity index (χ3v) is 7.72. The molecule has 2 fully saturated rings. The number of ether oxygens (including phenoxy) is 1. The van der Waals surface area contributed by atoms with Crippen molar-refractivity contribution >= 4 is 12.6 Å². The first-order valence-electron chi connectivity index (χ1n) is 10.4. The lowest BCUT2D eigenvalue weighted by atomic mass is 9.75. The molecule has 4 rings (SSSR count). The van der Waals surface area contributed by atoms with Crippen LogP contribution < -0.4 is 4.74 Å². The summed E-state index contributed by atoms with van der Waals surface area (Å²) in [5.74, 6) is 0.968. The van der Waals surface area contributed by atoms with Crippen molar-refractivity contribution in [2.75, 3.05) is 0 Å². The van der Waals surface area contributed by atoms with Crippen LogP contribution in [-0.2, 0) is 0 Å². The summed E-state index contributed by atoms with van der Waals surface area (Å²) in [5, 5.41) is 21.2. The van der Waals surface area contributed by atoms with Crippen LogP contribution in [0.15, 0.2) is 0 Å². The monoisotopic (exact) mass is 386 g/mol. The Morgan fingerprint density at radius 1 is 1.04 bits per heavy atom. The van der Waals surface area contributed by atoms with E-state index in [-0.39, 0.29) is 28.4 Å². The van der Waals surface area contributed by atoms with E-state index in [1.807, 2.05) is 0 Å². The van der Waals surface area contributed by atoms with E-state index >= 15 is 0 Å². The molecule has 0 bridgehead atoms. The fraction of sp³-hybridized carbons (Fsp3) is 0.652. The smallest absolute Gasteiger partial charge is 0.157 e. The van der Waals surface area contributed by atoms with E-state index in [2.05, 4.69) is 27.7 Å². The SMILES string of the molecule is CC(C)C[C@@H]1C[C@]2(CC[C@]3(C(C)C)C[C@H]23)Oc2c(C=O)c(O)c(C=O)c(O)c21. The molecule has 5 heteroatoms. The maximum absolute atomic E-state index is 11.8. The second-order valence-corrected chi connectivity index (χ2v) is 9.85. The summed E-state index contributed by atoms with van der Waals surface area (Å²) in [4.78, 5) is 23.3. The molecule has 0 amide bonds. The van der Waals surface area contributed by atoms with Crippen molar-refractivity contribution in [1.29, 1.82) is 0 Å². The minimum atomic E-state index is -0.481. The Morgan fingerprint density at radius 3 is 2.21 bits per heavy atom. The van der Waals surface area contributed by atoms with Gasteiger partial charge in [0.15, 0.2) is 12.6 Å². The highest BCUT2D eigenvalue weighted by molar-refractivity contribution is 5.95. The van der Waals surface area contributed by atoms with E-state index in [4.69, 9.17) is 4.74 Å². The lowest BCUT2D eigenvalue weighted by Gasteiger charge is -2.43. The van der Waals surface area contributed by atoms with Crippen molar-refractivity contribution < 1.29 is 24.5 Å². The van der Waals surface area contributed by atoms with E-state index in [9.17, 15) is 19.8 Å². The number of carbonyl (C=O) groups is 2. The molecule has 0 radical (unpaired) electrons. The van der Waals surface area contributed by atoms with E-state index in [1.165, 1.54) is 0 Å². The number of aromatic hydroxyl groups is 2. The third kappa shape index (κ3) is 2.44. The summed E-state index contributed by atoms with van der Waals surface area (Å²) >= 11 is 0. The normalized spacial score (nSPS) is 32.9. The van der Waals surface area contributed by atoms with E-state index < -0.39 is 5.75 Å². The minimum absolute atomic E-state index is 0.00886. The lowest BCUT2D eigenvalue weighted by molar-refractivity contribution is 0.0145. The van der Waals surface area contributed by atoms with Gasteiger partial charge in [0.2, 0.25) is 0 Å². The van der Waals surface area contributed by atoms with Gasteiger partial charge < -0.3 is 14.9 Å². The van der Waals surface area contributed by atoms with E-state index in [1.54, 1.807) is 0 Å². The van der Waals surface area contributed by atoms with Crippen LogP contribution in [0.2, 0.25) is 0 Å². The molecule has 0 unspecified atom stereocenters. The summed E-state index contributed by atoms with van der Waals surface area (Å²) in [6, 6.07) is 0. The number of fused-ring (bicyclic) bond motifs is 3. The van der Waals surface area contributed by atoms with Gasteiger partial charge in [0, 0.05) is 11.5 Å². The quantitative estimate of drug-likeness (QED) is 0.708. The third-order valence-electron chi connectivity index (χ3n) is 7.72. The van der Waals surface area contributed by atoms with Gasteiger partial charge in [0.1, 0.15) is 22.8 Å². The zero-order chi connectivity index (χ0) is 20.4. The Hall–Kier alpha value is -2.04. The molecule has 4 atom stereocenters. The zero-order valence-corrected chi connectivity index (χ0v) is 17.1. The highest BCUT2D eigenvalue weighted by Gasteiger charge is 2.71. The van der Waals surface area contributed by atoms with Gasteiger partial charge in [-0.3, -0.25) is 9.59 Å². The molecule has 5 nitrogen and oxygen atoms in total. The molecule has 2 aliphatic carbocycles. The van der Waals surface area contributed by atoms with Crippen LogP contribution >= 0.6 is 0 Å². The number of carbonyl (C=O) groups excluding carboxylic acids is 2. The number of benzene rings is 1. The summed E-state index contributed by atoms with van der Waals surface area (Å²) in [5.41, 5.74) is 0.252. The molecule has 2 N–H and O–H groups in total. The van der Waals surface area contributed by atoms with Crippen LogP contribution in [0.4, 0.5) is 0 Å². The van der Waals surface area contributed by atoms with Gasteiger partial charge >= 0.3 is 0 Å². The van der Waals surface area contributed by atoms with Crippen LogP contribution in [0.25, 0.3) is 0 Å². The molecule has 1 heterocycles. The average Bonchev–Trinajstić information content (AvgIpc) is 3.30. The molecular formula is C23H30O5. The van der Waals surface area contributed by atoms with Crippen LogP contribution in [0, 0.1) is 23.2 Å². The van der Waals surface area contributed by atoms with Crippen molar-refractivity contribution in [2.24, 2.45) is 23.2 Å². The molecule has 0 aromatic heterocycles. The molecule has 1 aromatic rings. The predicted molar refractivity (Wildman–Crippen MR) is 105 cm³/mol. The highest BCUT2D eigenvalue weighted by Crippen LogP contribution is 2.74. The van der Waals surface area contributed by atoms with Gasteiger partial charge in [-0.2, -0.15) is 0 Å². The van der Waals surface area contributed by atoms with Gasteiger partial charge in [0.05, 0.1) is 11.1 Å². The Kier molecular flexibility index (Phi) is 4.29. The molecule has 1 aliphatic heterocycles.